The number of hydrogen-bond acceptors (Lipinski definition) is 8. The molecule has 2 aromatic heterocycles. The van der Waals surface area contributed by atoms with E-state index >= 15 is 0 Å². The van der Waals surface area contributed by atoms with Gasteiger partial charge in [-0.15, -0.1) is 0 Å². The number of halogens is 4. The van der Waals surface area contributed by atoms with Crippen LogP contribution >= 0.6 is 0 Å². The minimum atomic E-state index is -4.42. The van der Waals surface area contributed by atoms with Crippen LogP contribution in [0, 0.1) is 5.82 Å². The fraction of sp³-hybridized carbons (Fsp3) is 0.304. The molecule has 0 bridgehead atoms. The van der Waals surface area contributed by atoms with Crippen molar-refractivity contribution >= 4 is 29.4 Å². The second-order valence-corrected chi connectivity index (χ2v) is 7.74. The predicted octanol–water partition coefficient (Wildman–Crippen LogP) is 4.83. The molecular weight excluding hydrogens is 466 g/mol. The Balaban J connectivity index is 1.39. The number of hydrogen-bond donors (Lipinski definition) is 2. The monoisotopic (exact) mass is 489 g/mol. The molecule has 1 fully saturated rings. The Bertz CT molecular complexity index is 1170. The molecule has 0 spiro atoms. The standard InChI is InChI=1S/C23H23F4N7O/c1-2-19-14-35-9-8-34(19)21-20(24)13-29-22(32-21)33-30-12-17-6-7-18(11-28-17)31-16-5-3-4-15(10-16)23(25,26)27/h3-7,10-13,19,31H,2,8-9,14H2,1H3,(H,29,32,33)/b30-12+. The van der Waals surface area contributed by atoms with E-state index in [-0.39, 0.29) is 17.8 Å². The van der Waals surface area contributed by atoms with Crippen LogP contribution in [-0.4, -0.2) is 47.0 Å². The minimum Gasteiger partial charge on any atom is -0.377 e. The summed E-state index contributed by atoms with van der Waals surface area (Å²) >= 11 is 0. The van der Waals surface area contributed by atoms with Crippen molar-refractivity contribution in [2.45, 2.75) is 25.6 Å². The van der Waals surface area contributed by atoms with Crippen LogP contribution < -0.4 is 15.6 Å². The van der Waals surface area contributed by atoms with Gasteiger partial charge in [0.15, 0.2) is 11.6 Å². The number of ether oxygens (including phenoxy) is 1. The topological polar surface area (TPSA) is 87.6 Å². The molecule has 2 N–H and O–H groups in total. The van der Waals surface area contributed by atoms with Crippen LogP contribution in [0.2, 0.25) is 0 Å². The molecule has 12 heteroatoms. The number of benzene rings is 1. The van der Waals surface area contributed by atoms with Crippen molar-refractivity contribution in [3.63, 3.8) is 0 Å². The molecular formula is C23H23F4N7O. The van der Waals surface area contributed by atoms with E-state index < -0.39 is 17.6 Å². The quantitative estimate of drug-likeness (QED) is 0.279. The van der Waals surface area contributed by atoms with Crippen LogP contribution in [-0.2, 0) is 10.9 Å². The molecule has 8 nitrogen and oxygen atoms in total. The first-order chi connectivity index (χ1) is 16.8. The molecule has 1 unspecified atom stereocenters. The number of anilines is 4. The zero-order valence-electron chi connectivity index (χ0n) is 18.8. The first-order valence-corrected chi connectivity index (χ1v) is 10.9. The highest BCUT2D eigenvalue weighted by Crippen LogP contribution is 2.31. The molecule has 0 saturated carbocycles. The molecule has 3 heterocycles. The molecule has 3 aromatic rings. The molecule has 1 atom stereocenters. The van der Waals surface area contributed by atoms with E-state index in [0.717, 1.165) is 24.8 Å². The summed E-state index contributed by atoms with van der Waals surface area (Å²) in [5.41, 5.74) is 3.21. The average Bonchev–Trinajstić information content (AvgIpc) is 2.86. The molecule has 184 valence electrons. The summed E-state index contributed by atoms with van der Waals surface area (Å²) in [7, 11) is 0. The van der Waals surface area contributed by atoms with E-state index in [1.165, 1.54) is 24.5 Å². The summed E-state index contributed by atoms with van der Waals surface area (Å²) in [5, 5.41) is 6.93. The zero-order chi connectivity index (χ0) is 24.8. The van der Waals surface area contributed by atoms with Crippen LogP contribution in [0.4, 0.5) is 40.7 Å². The molecule has 4 rings (SSSR count). The molecule has 1 aliphatic heterocycles. The minimum absolute atomic E-state index is 0.0248. The molecule has 1 aromatic carbocycles. The predicted molar refractivity (Wildman–Crippen MR) is 124 cm³/mol. The van der Waals surface area contributed by atoms with Crippen LogP contribution in [0.5, 0.6) is 0 Å². The van der Waals surface area contributed by atoms with Crippen LogP contribution in [0.1, 0.15) is 24.6 Å². The summed E-state index contributed by atoms with van der Waals surface area (Å²) in [6.07, 6.45) is 0.350. The summed E-state index contributed by atoms with van der Waals surface area (Å²) in [4.78, 5) is 14.3. The van der Waals surface area contributed by atoms with Gasteiger partial charge in [-0.1, -0.05) is 13.0 Å². The zero-order valence-corrected chi connectivity index (χ0v) is 18.8. The number of pyridine rings is 1. The second kappa shape index (κ2) is 10.6. The molecule has 0 radical (unpaired) electrons. The summed E-state index contributed by atoms with van der Waals surface area (Å²) in [5.74, 6) is -0.205. The van der Waals surface area contributed by atoms with Crippen LogP contribution in [0.3, 0.4) is 0 Å². The van der Waals surface area contributed by atoms with Gasteiger partial charge in [-0.25, -0.2) is 14.8 Å². The largest absolute Gasteiger partial charge is 0.416 e. The number of alkyl halides is 3. The Kier molecular flexibility index (Phi) is 7.39. The van der Waals surface area contributed by atoms with Crippen LogP contribution in [0.25, 0.3) is 0 Å². The first-order valence-electron chi connectivity index (χ1n) is 10.9. The summed E-state index contributed by atoms with van der Waals surface area (Å²) in [6.45, 7) is 3.53. The van der Waals surface area contributed by atoms with Gasteiger partial charge in [0, 0.05) is 12.2 Å². The van der Waals surface area contributed by atoms with E-state index in [0.29, 0.717) is 36.8 Å². The fourth-order valence-corrected chi connectivity index (χ4v) is 3.54. The highest BCUT2D eigenvalue weighted by Gasteiger charge is 2.30. The van der Waals surface area contributed by atoms with Gasteiger partial charge in [0.1, 0.15) is 0 Å². The lowest BCUT2D eigenvalue weighted by molar-refractivity contribution is -0.137. The Morgan fingerprint density at radius 1 is 1.17 bits per heavy atom. The van der Waals surface area contributed by atoms with Gasteiger partial charge in [0.25, 0.3) is 0 Å². The highest BCUT2D eigenvalue weighted by atomic mass is 19.4. The number of morpholine rings is 1. The Hall–Kier alpha value is -3.80. The molecule has 1 saturated heterocycles. The van der Waals surface area contributed by atoms with Crippen molar-refractivity contribution in [3.05, 3.63) is 65.9 Å². The number of hydrazone groups is 1. The maximum atomic E-state index is 14.4. The average molecular weight is 489 g/mol. The SMILES string of the molecule is CCC1COCCN1c1nc(N/N=C/c2ccc(Nc3cccc(C(F)(F)F)c3)cn2)ncc1F. The van der Waals surface area contributed by atoms with Gasteiger partial charge in [-0.2, -0.15) is 23.3 Å². The number of aromatic nitrogens is 3. The van der Waals surface area contributed by atoms with Crippen LogP contribution in [0.15, 0.2) is 53.9 Å². The lowest BCUT2D eigenvalue weighted by Crippen LogP contribution is -2.46. The van der Waals surface area contributed by atoms with Crippen molar-refractivity contribution in [3.8, 4) is 0 Å². The summed E-state index contributed by atoms with van der Waals surface area (Å²) < 4.78 is 58.5. The van der Waals surface area contributed by atoms with Gasteiger partial charge in [0.2, 0.25) is 5.95 Å². The van der Waals surface area contributed by atoms with Gasteiger partial charge in [0.05, 0.1) is 54.8 Å². The summed E-state index contributed by atoms with van der Waals surface area (Å²) in [6, 6.07) is 8.21. The maximum absolute atomic E-state index is 14.4. The van der Waals surface area contributed by atoms with Crippen molar-refractivity contribution in [2.75, 3.05) is 35.4 Å². The molecule has 0 aliphatic carbocycles. The number of nitrogens with zero attached hydrogens (tertiary/aromatic N) is 5. The smallest absolute Gasteiger partial charge is 0.377 e. The fourth-order valence-electron chi connectivity index (χ4n) is 3.54. The van der Waals surface area contributed by atoms with E-state index in [1.54, 1.807) is 12.1 Å². The van der Waals surface area contributed by atoms with Crippen molar-refractivity contribution in [1.82, 2.24) is 15.0 Å². The molecule has 1 aliphatic rings. The Morgan fingerprint density at radius 2 is 2.03 bits per heavy atom. The highest BCUT2D eigenvalue weighted by molar-refractivity contribution is 5.78. The van der Waals surface area contributed by atoms with E-state index in [9.17, 15) is 17.6 Å². The van der Waals surface area contributed by atoms with Crippen molar-refractivity contribution in [2.24, 2.45) is 5.10 Å². The second-order valence-electron chi connectivity index (χ2n) is 7.74. The van der Waals surface area contributed by atoms with E-state index in [1.807, 2.05) is 11.8 Å². The molecule has 35 heavy (non-hydrogen) atoms. The maximum Gasteiger partial charge on any atom is 0.416 e. The number of rotatable bonds is 7. The van der Waals surface area contributed by atoms with Gasteiger partial charge < -0.3 is 15.0 Å². The lowest BCUT2D eigenvalue weighted by atomic mass is 10.2. The van der Waals surface area contributed by atoms with Gasteiger partial charge >= 0.3 is 6.18 Å². The third-order valence-corrected chi connectivity index (χ3v) is 5.32. The normalized spacial score (nSPS) is 16.5. The van der Waals surface area contributed by atoms with E-state index in [2.05, 4.69) is 30.8 Å². The Labute approximate surface area is 199 Å². The van der Waals surface area contributed by atoms with Gasteiger partial charge in [-0.05, 0) is 36.8 Å². The van der Waals surface area contributed by atoms with Gasteiger partial charge in [-0.3, -0.25) is 4.98 Å². The lowest BCUT2D eigenvalue weighted by Gasteiger charge is -2.36. The Morgan fingerprint density at radius 3 is 2.77 bits per heavy atom. The molecule has 0 amide bonds. The third-order valence-electron chi connectivity index (χ3n) is 5.32. The third kappa shape index (κ3) is 6.21. The van der Waals surface area contributed by atoms with Crippen molar-refractivity contribution < 1.29 is 22.3 Å². The first kappa shape index (κ1) is 24.3. The van der Waals surface area contributed by atoms with Crippen molar-refractivity contribution in [1.29, 1.82) is 0 Å². The van der Waals surface area contributed by atoms with E-state index in [4.69, 9.17) is 4.74 Å². The number of nitrogens with one attached hydrogen (secondary N) is 2.